The summed E-state index contributed by atoms with van der Waals surface area (Å²) in [4.78, 5) is 19.4. The highest BCUT2D eigenvalue weighted by molar-refractivity contribution is 5.94. The average Bonchev–Trinajstić information content (AvgIpc) is 3.31. The monoisotopic (exact) mass is 416 g/mol. The molecule has 1 unspecified atom stereocenters. The maximum absolute atomic E-state index is 12.5. The number of nitrogens with zero attached hydrogens (tertiary/aromatic N) is 2. The minimum Gasteiger partial charge on any atom is -0.454 e. The quantitative estimate of drug-likeness (QED) is 0.666. The lowest BCUT2D eigenvalue weighted by Gasteiger charge is -2.34. The number of hydrogen-bond donors (Lipinski definition) is 2. The Balaban J connectivity index is 1.20. The maximum Gasteiger partial charge on any atom is 0.253 e. The summed E-state index contributed by atoms with van der Waals surface area (Å²) < 4.78 is 10.7. The molecular formula is C24H24N4O3. The van der Waals surface area contributed by atoms with E-state index in [2.05, 4.69) is 44.8 Å². The van der Waals surface area contributed by atoms with Gasteiger partial charge in [0.05, 0.1) is 5.56 Å². The first-order valence-corrected chi connectivity index (χ1v) is 10.4. The molecule has 1 amide bonds. The van der Waals surface area contributed by atoms with Crippen LogP contribution in [0.4, 0.5) is 5.82 Å². The highest BCUT2D eigenvalue weighted by atomic mass is 16.7. The van der Waals surface area contributed by atoms with Crippen LogP contribution in [0.5, 0.6) is 11.5 Å². The van der Waals surface area contributed by atoms with E-state index in [9.17, 15) is 4.79 Å². The number of amides is 1. The van der Waals surface area contributed by atoms with Gasteiger partial charge in [-0.25, -0.2) is 4.98 Å². The lowest BCUT2D eigenvalue weighted by molar-refractivity contribution is 0.0950. The normalized spacial score (nSPS) is 17.4. The molecule has 158 valence electrons. The van der Waals surface area contributed by atoms with Gasteiger partial charge in [0.1, 0.15) is 5.82 Å². The third kappa shape index (κ3) is 4.32. The van der Waals surface area contributed by atoms with Gasteiger partial charge in [-0.15, -0.1) is 0 Å². The molecule has 3 heterocycles. The molecule has 7 nitrogen and oxygen atoms in total. The molecule has 0 radical (unpaired) electrons. The van der Waals surface area contributed by atoms with E-state index in [1.54, 1.807) is 6.20 Å². The van der Waals surface area contributed by atoms with E-state index in [1.165, 1.54) is 5.56 Å². The zero-order valence-electron chi connectivity index (χ0n) is 17.1. The van der Waals surface area contributed by atoms with Crippen LogP contribution < -0.4 is 25.0 Å². The van der Waals surface area contributed by atoms with Crippen LogP contribution in [0.2, 0.25) is 0 Å². The summed E-state index contributed by atoms with van der Waals surface area (Å²) in [5.74, 6) is 2.17. The zero-order chi connectivity index (χ0) is 21.0. The number of hydrogen-bond acceptors (Lipinski definition) is 6. The van der Waals surface area contributed by atoms with Crippen molar-refractivity contribution in [1.29, 1.82) is 0 Å². The standard InChI is InChI=1S/C24H24N4O3/c29-24(27-13-17-6-8-21-22(12-17)31-16-30-21)19-7-9-23(26-14-19)28-11-10-25-20(15-28)18-4-2-1-3-5-18/h1-9,12,14,20,25H,10-11,13,15-16H2,(H,27,29). The van der Waals surface area contributed by atoms with E-state index >= 15 is 0 Å². The Hall–Kier alpha value is -3.58. The predicted octanol–water partition coefficient (Wildman–Crippen LogP) is 2.89. The number of carbonyl (C=O) groups is 1. The van der Waals surface area contributed by atoms with Gasteiger partial charge in [-0.3, -0.25) is 4.79 Å². The van der Waals surface area contributed by atoms with Crippen molar-refractivity contribution in [1.82, 2.24) is 15.6 Å². The second-order valence-electron chi connectivity index (χ2n) is 7.64. The number of nitrogens with one attached hydrogen (secondary N) is 2. The fourth-order valence-corrected chi connectivity index (χ4v) is 3.91. The summed E-state index contributed by atoms with van der Waals surface area (Å²) in [5, 5.41) is 6.50. The van der Waals surface area contributed by atoms with E-state index in [-0.39, 0.29) is 18.7 Å². The van der Waals surface area contributed by atoms with Crippen molar-refractivity contribution < 1.29 is 14.3 Å². The number of rotatable bonds is 5. The second-order valence-corrected chi connectivity index (χ2v) is 7.64. The summed E-state index contributed by atoms with van der Waals surface area (Å²) in [6, 6.07) is 20.1. The molecule has 2 aliphatic heterocycles. The van der Waals surface area contributed by atoms with Crippen LogP contribution in [0.15, 0.2) is 66.9 Å². The molecule has 0 aliphatic carbocycles. The molecule has 2 aliphatic rings. The molecule has 31 heavy (non-hydrogen) atoms. The lowest BCUT2D eigenvalue weighted by Crippen LogP contribution is -2.46. The molecule has 0 saturated carbocycles. The first kappa shape index (κ1) is 19.4. The van der Waals surface area contributed by atoms with Crippen LogP contribution in [-0.2, 0) is 6.54 Å². The largest absolute Gasteiger partial charge is 0.454 e. The van der Waals surface area contributed by atoms with Crippen LogP contribution in [-0.4, -0.2) is 37.3 Å². The molecule has 1 saturated heterocycles. The van der Waals surface area contributed by atoms with Gasteiger partial charge < -0.3 is 25.0 Å². The molecule has 0 spiro atoms. The average molecular weight is 416 g/mol. The summed E-state index contributed by atoms with van der Waals surface area (Å²) >= 11 is 0. The van der Waals surface area contributed by atoms with Gasteiger partial charge in [0.2, 0.25) is 6.79 Å². The number of aromatic nitrogens is 1. The molecule has 7 heteroatoms. The number of ether oxygens (including phenoxy) is 2. The molecule has 1 atom stereocenters. The predicted molar refractivity (Wildman–Crippen MR) is 117 cm³/mol. The topological polar surface area (TPSA) is 75.7 Å². The lowest BCUT2D eigenvalue weighted by atomic mass is 10.0. The SMILES string of the molecule is O=C(NCc1ccc2c(c1)OCO2)c1ccc(N2CCNC(c3ccccc3)C2)nc1. The van der Waals surface area contributed by atoms with Crippen molar-refractivity contribution in [2.45, 2.75) is 12.6 Å². The number of anilines is 1. The number of piperazine rings is 1. The first-order chi connectivity index (χ1) is 15.3. The summed E-state index contributed by atoms with van der Waals surface area (Å²) in [5.41, 5.74) is 2.76. The Kier molecular flexibility index (Phi) is 5.41. The Morgan fingerprint density at radius 3 is 2.81 bits per heavy atom. The summed E-state index contributed by atoms with van der Waals surface area (Å²) in [6.07, 6.45) is 1.64. The van der Waals surface area contributed by atoms with Crippen molar-refractivity contribution in [3.8, 4) is 11.5 Å². The maximum atomic E-state index is 12.5. The third-order valence-corrected chi connectivity index (χ3v) is 5.60. The molecule has 2 aromatic carbocycles. The Bertz CT molecular complexity index is 1060. The smallest absolute Gasteiger partial charge is 0.253 e. The molecule has 3 aromatic rings. The Morgan fingerprint density at radius 2 is 1.97 bits per heavy atom. The summed E-state index contributed by atoms with van der Waals surface area (Å²) in [7, 11) is 0. The van der Waals surface area contributed by atoms with Crippen LogP contribution >= 0.6 is 0 Å². The highest BCUT2D eigenvalue weighted by Crippen LogP contribution is 2.32. The van der Waals surface area contributed by atoms with Gasteiger partial charge in [0.25, 0.3) is 5.91 Å². The van der Waals surface area contributed by atoms with Crippen LogP contribution in [0.25, 0.3) is 0 Å². The highest BCUT2D eigenvalue weighted by Gasteiger charge is 2.22. The molecule has 0 bridgehead atoms. The number of fused-ring (bicyclic) bond motifs is 1. The Labute approximate surface area is 181 Å². The fourth-order valence-electron chi connectivity index (χ4n) is 3.91. The summed E-state index contributed by atoms with van der Waals surface area (Å²) in [6.45, 7) is 3.26. The number of benzene rings is 2. The van der Waals surface area contributed by atoms with Crippen LogP contribution in [0, 0.1) is 0 Å². The first-order valence-electron chi connectivity index (χ1n) is 10.4. The molecule has 2 N–H and O–H groups in total. The Morgan fingerprint density at radius 1 is 1.10 bits per heavy atom. The van der Waals surface area contributed by atoms with Gasteiger partial charge >= 0.3 is 0 Å². The minimum absolute atomic E-state index is 0.154. The van der Waals surface area contributed by atoms with Gasteiger partial charge in [0, 0.05) is 38.4 Å². The van der Waals surface area contributed by atoms with Gasteiger partial charge in [-0.05, 0) is 35.4 Å². The van der Waals surface area contributed by atoms with Crippen molar-refractivity contribution in [2.75, 3.05) is 31.3 Å². The fraction of sp³-hybridized carbons (Fsp3) is 0.250. The molecule has 1 aromatic heterocycles. The van der Waals surface area contributed by atoms with E-state index in [0.717, 1.165) is 36.8 Å². The van der Waals surface area contributed by atoms with Gasteiger partial charge in [-0.2, -0.15) is 0 Å². The van der Waals surface area contributed by atoms with Crippen molar-refractivity contribution >= 4 is 11.7 Å². The van der Waals surface area contributed by atoms with E-state index in [0.29, 0.717) is 17.9 Å². The van der Waals surface area contributed by atoms with Gasteiger partial charge in [-0.1, -0.05) is 36.4 Å². The third-order valence-electron chi connectivity index (χ3n) is 5.60. The molecular weight excluding hydrogens is 392 g/mol. The zero-order valence-corrected chi connectivity index (χ0v) is 17.1. The second kappa shape index (κ2) is 8.65. The number of pyridine rings is 1. The van der Waals surface area contributed by atoms with E-state index in [4.69, 9.17) is 9.47 Å². The van der Waals surface area contributed by atoms with Crippen molar-refractivity contribution in [3.63, 3.8) is 0 Å². The minimum atomic E-state index is -0.154. The van der Waals surface area contributed by atoms with Crippen molar-refractivity contribution in [2.24, 2.45) is 0 Å². The van der Waals surface area contributed by atoms with Crippen molar-refractivity contribution in [3.05, 3.63) is 83.6 Å². The van der Waals surface area contributed by atoms with E-state index < -0.39 is 0 Å². The van der Waals surface area contributed by atoms with Crippen LogP contribution in [0.3, 0.4) is 0 Å². The molecule has 5 rings (SSSR count). The van der Waals surface area contributed by atoms with Gasteiger partial charge in [0.15, 0.2) is 11.5 Å². The molecule has 1 fully saturated rings. The van der Waals surface area contributed by atoms with E-state index in [1.807, 2.05) is 36.4 Å². The number of carbonyl (C=O) groups excluding carboxylic acids is 1. The van der Waals surface area contributed by atoms with Crippen LogP contribution in [0.1, 0.15) is 27.5 Å².